The number of rotatable bonds is 4. The summed E-state index contributed by atoms with van der Waals surface area (Å²) >= 11 is 0. The Morgan fingerprint density at radius 1 is 1.03 bits per heavy atom. The molecule has 33 heavy (non-hydrogen) atoms. The van der Waals surface area contributed by atoms with Gasteiger partial charge in [-0.15, -0.1) is 0 Å². The van der Waals surface area contributed by atoms with Crippen LogP contribution in [-0.4, -0.2) is 34.4 Å². The van der Waals surface area contributed by atoms with Crippen LogP contribution < -0.4 is 4.74 Å². The monoisotopic (exact) mass is 455 g/mol. The first kappa shape index (κ1) is 22.8. The first-order valence-corrected chi connectivity index (χ1v) is 10.7. The Bertz CT molecular complexity index is 1160. The molecule has 0 bridgehead atoms. The fourth-order valence-electron chi connectivity index (χ4n) is 3.84. The average Bonchev–Trinajstić information content (AvgIpc) is 2.82. The van der Waals surface area contributed by atoms with Gasteiger partial charge in [0, 0.05) is 42.1 Å². The predicted octanol–water partition coefficient (Wildman–Crippen LogP) is 5.49. The second kappa shape index (κ2) is 8.84. The van der Waals surface area contributed by atoms with Crippen molar-refractivity contribution in [3.05, 3.63) is 76.7 Å². The van der Waals surface area contributed by atoms with Gasteiger partial charge in [-0.05, 0) is 48.5 Å². The van der Waals surface area contributed by atoms with Crippen LogP contribution in [0.5, 0.6) is 5.75 Å². The lowest BCUT2D eigenvalue weighted by Crippen LogP contribution is -2.37. The lowest BCUT2D eigenvalue weighted by atomic mass is 9.97. The molecular formula is C25H24F3N3O2. The standard InChI is InChI=1S/C25H24F3N3O2/c1-15(2)23-29-21-12-13-31(24(32)17-4-8-18(9-5-17)25(26,27)28)14-20(21)22(30-23)16-6-10-19(33-3)11-7-16/h4-11,15H,12-14H2,1-3H3. The Labute approximate surface area is 190 Å². The van der Waals surface area contributed by atoms with E-state index < -0.39 is 11.7 Å². The highest BCUT2D eigenvalue weighted by Crippen LogP contribution is 2.32. The van der Waals surface area contributed by atoms with E-state index in [0.717, 1.165) is 46.2 Å². The topological polar surface area (TPSA) is 55.3 Å². The molecule has 1 aromatic heterocycles. The van der Waals surface area contributed by atoms with Gasteiger partial charge in [0.2, 0.25) is 0 Å². The highest BCUT2D eigenvalue weighted by Gasteiger charge is 2.31. The van der Waals surface area contributed by atoms with Crippen molar-refractivity contribution in [2.24, 2.45) is 0 Å². The van der Waals surface area contributed by atoms with Gasteiger partial charge < -0.3 is 9.64 Å². The predicted molar refractivity (Wildman–Crippen MR) is 118 cm³/mol. The Morgan fingerprint density at radius 3 is 2.27 bits per heavy atom. The molecule has 1 aliphatic rings. The van der Waals surface area contributed by atoms with Crippen molar-refractivity contribution in [2.75, 3.05) is 13.7 Å². The number of carbonyl (C=O) groups excluding carboxylic acids is 1. The lowest BCUT2D eigenvalue weighted by molar-refractivity contribution is -0.137. The zero-order valence-corrected chi connectivity index (χ0v) is 18.6. The smallest absolute Gasteiger partial charge is 0.416 e. The fourth-order valence-corrected chi connectivity index (χ4v) is 3.84. The molecule has 8 heteroatoms. The Hall–Kier alpha value is -3.42. The van der Waals surface area contributed by atoms with Crippen LogP contribution in [0.15, 0.2) is 48.5 Å². The summed E-state index contributed by atoms with van der Waals surface area (Å²) in [5.74, 6) is 1.29. The molecule has 1 amide bonds. The molecule has 172 valence electrons. The number of halogens is 3. The number of hydrogen-bond acceptors (Lipinski definition) is 4. The number of amides is 1. The minimum absolute atomic E-state index is 0.138. The van der Waals surface area contributed by atoms with Gasteiger partial charge in [-0.2, -0.15) is 13.2 Å². The van der Waals surface area contributed by atoms with Crippen molar-refractivity contribution in [2.45, 2.75) is 38.9 Å². The molecule has 5 nitrogen and oxygen atoms in total. The first-order valence-electron chi connectivity index (χ1n) is 10.7. The Kier molecular flexibility index (Phi) is 6.10. The van der Waals surface area contributed by atoms with Crippen molar-refractivity contribution in [3.8, 4) is 17.0 Å². The Morgan fingerprint density at radius 2 is 1.70 bits per heavy atom. The zero-order valence-electron chi connectivity index (χ0n) is 18.6. The van der Waals surface area contributed by atoms with Gasteiger partial charge in [0.05, 0.1) is 24.1 Å². The van der Waals surface area contributed by atoms with E-state index in [9.17, 15) is 18.0 Å². The minimum Gasteiger partial charge on any atom is -0.497 e. The molecule has 0 atom stereocenters. The average molecular weight is 455 g/mol. The maximum absolute atomic E-state index is 13.1. The number of alkyl halides is 3. The number of aromatic nitrogens is 2. The third-order valence-electron chi connectivity index (χ3n) is 5.70. The van der Waals surface area contributed by atoms with Crippen LogP contribution >= 0.6 is 0 Å². The van der Waals surface area contributed by atoms with Crippen LogP contribution in [0.2, 0.25) is 0 Å². The van der Waals surface area contributed by atoms with E-state index in [0.29, 0.717) is 13.0 Å². The maximum atomic E-state index is 13.1. The number of nitrogens with zero attached hydrogens (tertiary/aromatic N) is 3. The van der Waals surface area contributed by atoms with Crippen LogP contribution in [-0.2, 0) is 19.1 Å². The van der Waals surface area contributed by atoms with Gasteiger partial charge in [-0.25, -0.2) is 9.97 Å². The number of ether oxygens (including phenoxy) is 1. The summed E-state index contributed by atoms with van der Waals surface area (Å²) < 4.78 is 43.8. The number of methoxy groups -OCH3 is 1. The highest BCUT2D eigenvalue weighted by atomic mass is 19.4. The lowest BCUT2D eigenvalue weighted by Gasteiger charge is -2.30. The van der Waals surface area contributed by atoms with Crippen LogP contribution in [0.1, 0.15) is 52.8 Å². The summed E-state index contributed by atoms with van der Waals surface area (Å²) in [6.07, 6.45) is -3.89. The molecular weight excluding hydrogens is 431 g/mol. The van der Waals surface area contributed by atoms with Crippen molar-refractivity contribution >= 4 is 5.91 Å². The van der Waals surface area contributed by atoms with Gasteiger partial charge in [0.25, 0.3) is 5.91 Å². The van der Waals surface area contributed by atoms with Gasteiger partial charge in [-0.3, -0.25) is 4.79 Å². The summed E-state index contributed by atoms with van der Waals surface area (Å²) in [5, 5.41) is 0. The molecule has 2 heterocycles. The van der Waals surface area contributed by atoms with Gasteiger partial charge in [0.15, 0.2) is 0 Å². The molecule has 0 spiro atoms. The fraction of sp³-hybridized carbons (Fsp3) is 0.320. The second-order valence-electron chi connectivity index (χ2n) is 8.29. The van der Waals surface area contributed by atoms with Gasteiger partial charge >= 0.3 is 6.18 Å². The molecule has 2 aromatic carbocycles. The van der Waals surface area contributed by atoms with Gasteiger partial charge in [0.1, 0.15) is 11.6 Å². The number of benzene rings is 2. The van der Waals surface area contributed by atoms with E-state index in [2.05, 4.69) is 0 Å². The van der Waals surface area contributed by atoms with E-state index in [1.807, 2.05) is 38.1 Å². The van der Waals surface area contributed by atoms with Crippen LogP contribution in [0.25, 0.3) is 11.3 Å². The SMILES string of the molecule is COc1ccc(-c2nc(C(C)C)nc3c2CN(C(=O)c2ccc(C(F)(F)F)cc2)CC3)cc1. The van der Waals surface area contributed by atoms with Crippen molar-refractivity contribution in [3.63, 3.8) is 0 Å². The van der Waals surface area contributed by atoms with Crippen LogP contribution in [0.3, 0.4) is 0 Å². The van der Waals surface area contributed by atoms with Crippen LogP contribution in [0.4, 0.5) is 13.2 Å². The second-order valence-corrected chi connectivity index (χ2v) is 8.29. The number of hydrogen-bond donors (Lipinski definition) is 0. The van der Waals surface area contributed by atoms with E-state index in [1.54, 1.807) is 12.0 Å². The third kappa shape index (κ3) is 4.69. The van der Waals surface area contributed by atoms with Crippen molar-refractivity contribution in [1.29, 1.82) is 0 Å². The molecule has 4 rings (SSSR count). The Balaban J connectivity index is 1.67. The van der Waals surface area contributed by atoms with Crippen LogP contribution in [0, 0.1) is 0 Å². The molecule has 0 saturated heterocycles. The van der Waals surface area contributed by atoms with Gasteiger partial charge in [-0.1, -0.05) is 13.8 Å². The van der Waals surface area contributed by atoms with E-state index in [1.165, 1.54) is 12.1 Å². The normalized spacial score (nSPS) is 13.7. The zero-order chi connectivity index (χ0) is 23.8. The van der Waals surface area contributed by atoms with E-state index >= 15 is 0 Å². The maximum Gasteiger partial charge on any atom is 0.416 e. The summed E-state index contributed by atoms with van der Waals surface area (Å²) in [6, 6.07) is 11.9. The number of carbonyl (C=O) groups is 1. The molecule has 0 saturated carbocycles. The van der Waals surface area contributed by atoms with Crippen molar-refractivity contribution < 1.29 is 22.7 Å². The third-order valence-corrected chi connectivity index (χ3v) is 5.70. The molecule has 0 unspecified atom stereocenters. The summed E-state index contributed by atoms with van der Waals surface area (Å²) in [7, 11) is 1.60. The molecule has 0 N–H and O–H groups in total. The minimum atomic E-state index is -4.44. The quantitative estimate of drug-likeness (QED) is 0.522. The summed E-state index contributed by atoms with van der Waals surface area (Å²) in [5.41, 5.74) is 2.85. The molecule has 1 aliphatic heterocycles. The molecule has 0 fully saturated rings. The summed E-state index contributed by atoms with van der Waals surface area (Å²) in [4.78, 5) is 24.2. The van der Waals surface area contributed by atoms with E-state index in [4.69, 9.17) is 14.7 Å². The van der Waals surface area contributed by atoms with E-state index in [-0.39, 0.29) is 23.9 Å². The highest BCUT2D eigenvalue weighted by molar-refractivity contribution is 5.94. The largest absolute Gasteiger partial charge is 0.497 e. The summed E-state index contributed by atoms with van der Waals surface area (Å²) in [6.45, 7) is 4.78. The molecule has 0 radical (unpaired) electrons. The first-order chi connectivity index (χ1) is 15.7. The number of fused-ring (bicyclic) bond motifs is 1. The molecule has 3 aromatic rings. The molecule has 0 aliphatic carbocycles. The van der Waals surface area contributed by atoms with Crippen molar-refractivity contribution in [1.82, 2.24) is 14.9 Å².